The average molecular weight is 349 g/mol. The minimum absolute atomic E-state index is 0.0391. The number of rotatable bonds is 5. The van der Waals surface area contributed by atoms with Crippen LogP contribution in [-0.4, -0.2) is 35.9 Å². The van der Waals surface area contributed by atoms with Crippen LogP contribution >= 0.6 is 11.6 Å². The molecule has 5 nitrogen and oxygen atoms in total. The van der Waals surface area contributed by atoms with Crippen LogP contribution in [-0.2, 0) is 22.5 Å². The number of halogens is 1. The van der Waals surface area contributed by atoms with E-state index in [0.29, 0.717) is 17.3 Å². The molecule has 0 aliphatic rings. The predicted octanol–water partition coefficient (Wildman–Crippen LogP) is 3.27. The summed E-state index contributed by atoms with van der Waals surface area (Å²) >= 11 is 6.11. The fraction of sp³-hybridized carbons (Fsp3) is 0.333. The second-order valence-corrected chi connectivity index (χ2v) is 6.15. The van der Waals surface area contributed by atoms with E-state index in [-0.39, 0.29) is 12.3 Å². The molecule has 1 aromatic carbocycles. The van der Waals surface area contributed by atoms with Crippen molar-refractivity contribution in [1.82, 2.24) is 9.88 Å². The molecule has 1 heterocycles. The highest BCUT2D eigenvalue weighted by molar-refractivity contribution is 6.31. The van der Waals surface area contributed by atoms with Gasteiger partial charge in [-0.1, -0.05) is 29.8 Å². The summed E-state index contributed by atoms with van der Waals surface area (Å²) in [5.41, 5.74) is 3.80. The molecular formula is C18H21ClN2O3. The number of esters is 1. The molecule has 1 amide bonds. The van der Waals surface area contributed by atoms with Crippen LogP contribution in [0.5, 0.6) is 0 Å². The van der Waals surface area contributed by atoms with E-state index in [1.165, 1.54) is 7.11 Å². The van der Waals surface area contributed by atoms with Crippen LogP contribution in [0.25, 0.3) is 0 Å². The van der Waals surface area contributed by atoms with E-state index in [0.717, 1.165) is 22.4 Å². The number of aromatic amines is 1. The average Bonchev–Trinajstić information content (AvgIpc) is 2.84. The summed E-state index contributed by atoms with van der Waals surface area (Å²) in [6, 6.07) is 7.31. The van der Waals surface area contributed by atoms with Gasteiger partial charge in [-0.2, -0.15) is 0 Å². The first-order valence-corrected chi connectivity index (χ1v) is 7.96. The summed E-state index contributed by atoms with van der Waals surface area (Å²) in [7, 11) is 3.08. The van der Waals surface area contributed by atoms with Crippen LogP contribution in [0.15, 0.2) is 24.3 Å². The zero-order valence-corrected chi connectivity index (χ0v) is 15.0. The number of aromatic nitrogens is 1. The predicted molar refractivity (Wildman–Crippen MR) is 93.2 cm³/mol. The summed E-state index contributed by atoms with van der Waals surface area (Å²) in [5.74, 6) is -0.449. The lowest BCUT2D eigenvalue weighted by Gasteiger charge is -2.18. The summed E-state index contributed by atoms with van der Waals surface area (Å²) in [4.78, 5) is 28.9. The third-order valence-electron chi connectivity index (χ3n) is 4.10. The van der Waals surface area contributed by atoms with E-state index in [9.17, 15) is 9.59 Å². The van der Waals surface area contributed by atoms with Crippen molar-refractivity contribution < 1.29 is 14.3 Å². The standard InChI is InChI=1S/C18H21ClN2O3/c1-11-14(12(2)20-17(11)18(23)24-4)10-21(3)16(22)9-13-7-5-6-8-15(13)19/h5-8,20H,9-10H2,1-4H3. The summed E-state index contributed by atoms with van der Waals surface area (Å²) in [6.07, 6.45) is 0.239. The Morgan fingerprint density at radius 2 is 1.92 bits per heavy atom. The van der Waals surface area contributed by atoms with Crippen LogP contribution in [0.4, 0.5) is 0 Å². The smallest absolute Gasteiger partial charge is 0.354 e. The zero-order chi connectivity index (χ0) is 17.9. The molecule has 6 heteroatoms. The van der Waals surface area contributed by atoms with E-state index < -0.39 is 5.97 Å². The minimum atomic E-state index is -0.410. The fourth-order valence-corrected chi connectivity index (χ4v) is 2.80. The van der Waals surface area contributed by atoms with Crippen molar-refractivity contribution in [2.45, 2.75) is 26.8 Å². The molecule has 0 saturated carbocycles. The third kappa shape index (κ3) is 3.79. The van der Waals surface area contributed by atoms with E-state index in [1.54, 1.807) is 18.0 Å². The largest absolute Gasteiger partial charge is 0.464 e. The van der Waals surface area contributed by atoms with Gasteiger partial charge in [0.05, 0.1) is 13.5 Å². The van der Waals surface area contributed by atoms with Crippen LogP contribution in [0.1, 0.15) is 32.9 Å². The van der Waals surface area contributed by atoms with Gasteiger partial charge in [0.2, 0.25) is 5.91 Å². The second-order valence-electron chi connectivity index (χ2n) is 5.74. The summed E-state index contributed by atoms with van der Waals surface area (Å²) in [5, 5.41) is 0.584. The lowest BCUT2D eigenvalue weighted by atomic mass is 10.1. The number of benzene rings is 1. The van der Waals surface area contributed by atoms with Gasteiger partial charge in [-0.05, 0) is 36.6 Å². The van der Waals surface area contributed by atoms with Gasteiger partial charge < -0.3 is 14.6 Å². The SMILES string of the molecule is COC(=O)c1[nH]c(C)c(CN(C)C(=O)Cc2ccccc2Cl)c1C. The minimum Gasteiger partial charge on any atom is -0.464 e. The quantitative estimate of drug-likeness (QED) is 0.843. The maximum absolute atomic E-state index is 12.5. The monoisotopic (exact) mass is 348 g/mol. The number of hydrogen-bond acceptors (Lipinski definition) is 3. The van der Waals surface area contributed by atoms with Crippen molar-refractivity contribution in [3.63, 3.8) is 0 Å². The molecule has 24 heavy (non-hydrogen) atoms. The number of methoxy groups -OCH3 is 1. The van der Waals surface area contributed by atoms with Crippen LogP contribution in [0.2, 0.25) is 5.02 Å². The molecule has 0 radical (unpaired) electrons. The van der Waals surface area contributed by atoms with E-state index in [2.05, 4.69) is 4.98 Å². The Morgan fingerprint density at radius 1 is 1.25 bits per heavy atom. The number of nitrogens with one attached hydrogen (secondary N) is 1. The van der Waals surface area contributed by atoms with Crippen molar-refractivity contribution in [3.8, 4) is 0 Å². The summed E-state index contributed by atoms with van der Waals surface area (Å²) in [6.45, 7) is 4.13. The highest BCUT2D eigenvalue weighted by Crippen LogP contribution is 2.21. The van der Waals surface area contributed by atoms with Crippen LogP contribution < -0.4 is 0 Å². The van der Waals surface area contributed by atoms with E-state index in [4.69, 9.17) is 16.3 Å². The molecule has 0 spiro atoms. The topological polar surface area (TPSA) is 62.4 Å². The number of carbonyl (C=O) groups is 2. The van der Waals surface area contributed by atoms with Gasteiger partial charge in [-0.25, -0.2) is 4.79 Å². The number of ether oxygens (including phenoxy) is 1. The van der Waals surface area contributed by atoms with Gasteiger partial charge in [0.25, 0.3) is 0 Å². The first-order valence-electron chi connectivity index (χ1n) is 7.58. The highest BCUT2D eigenvalue weighted by Gasteiger charge is 2.20. The van der Waals surface area contributed by atoms with Gasteiger partial charge in [0, 0.05) is 24.3 Å². The molecule has 0 unspecified atom stereocenters. The van der Waals surface area contributed by atoms with Crippen molar-refractivity contribution >= 4 is 23.5 Å². The Morgan fingerprint density at radius 3 is 2.54 bits per heavy atom. The van der Waals surface area contributed by atoms with Gasteiger partial charge in [-0.15, -0.1) is 0 Å². The highest BCUT2D eigenvalue weighted by atomic mass is 35.5. The molecule has 2 rings (SSSR count). The maximum atomic E-state index is 12.5. The number of hydrogen-bond donors (Lipinski definition) is 1. The molecular weight excluding hydrogens is 328 g/mol. The summed E-state index contributed by atoms with van der Waals surface area (Å²) < 4.78 is 4.76. The number of nitrogens with zero attached hydrogens (tertiary/aromatic N) is 1. The molecule has 0 atom stereocenters. The van der Waals surface area contributed by atoms with Gasteiger partial charge in [-0.3, -0.25) is 4.79 Å². The first kappa shape index (κ1) is 18.1. The van der Waals surface area contributed by atoms with E-state index in [1.807, 2.05) is 32.0 Å². The Kier molecular flexibility index (Phi) is 5.67. The molecule has 0 bridgehead atoms. The Hall–Kier alpha value is -2.27. The van der Waals surface area contributed by atoms with Gasteiger partial charge in [0.1, 0.15) is 5.69 Å². The van der Waals surface area contributed by atoms with Gasteiger partial charge in [0.15, 0.2) is 0 Å². The molecule has 1 N–H and O–H groups in total. The molecule has 2 aromatic rings. The molecule has 0 fully saturated rings. The second kappa shape index (κ2) is 7.53. The molecule has 0 saturated heterocycles. The molecule has 0 aliphatic carbocycles. The van der Waals surface area contributed by atoms with Crippen molar-refractivity contribution in [2.75, 3.05) is 14.2 Å². The maximum Gasteiger partial charge on any atom is 0.354 e. The molecule has 1 aromatic heterocycles. The lowest BCUT2D eigenvalue weighted by Crippen LogP contribution is -2.28. The van der Waals surface area contributed by atoms with Crippen molar-refractivity contribution in [3.05, 3.63) is 57.4 Å². The van der Waals surface area contributed by atoms with Crippen LogP contribution in [0.3, 0.4) is 0 Å². The zero-order valence-electron chi connectivity index (χ0n) is 14.3. The lowest BCUT2D eigenvalue weighted by molar-refractivity contribution is -0.129. The van der Waals surface area contributed by atoms with Gasteiger partial charge >= 0.3 is 5.97 Å². The fourth-order valence-electron chi connectivity index (χ4n) is 2.60. The normalized spacial score (nSPS) is 10.5. The Bertz CT molecular complexity index is 768. The molecule has 0 aliphatic heterocycles. The Balaban J connectivity index is 2.13. The molecule has 128 valence electrons. The van der Waals surface area contributed by atoms with Crippen molar-refractivity contribution in [2.24, 2.45) is 0 Å². The number of aryl methyl sites for hydroxylation is 1. The third-order valence-corrected chi connectivity index (χ3v) is 4.47. The number of carbonyl (C=O) groups excluding carboxylic acids is 2. The number of likely N-dealkylation sites (N-methyl/N-ethyl adjacent to an activating group) is 1. The Labute approximate surface area is 146 Å². The van der Waals surface area contributed by atoms with Crippen molar-refractivity contribution in [1.29, 1.82) is 0 Å². The van der Waals surface area contributed by atoms with Crippen LogP contribution in [0, 0.1) is 13.8 Å². The van der Waals surface area contributed by atoms with E-state index >= 15 is 0 Å². The number of H-pyrrole nitrogens is 1. The first-order chi connectivity index (χ1) is 11.3. The number of amides is 1.